The lowest BCUT2D eigenvalue weighted by atomic mass is 10.1. The highest BCUT2D eigenvalue weighted by Gasteiger charge is 2.12. The van der Waals surface area contributed by atoms with Crippen LogP contribution in [0.15, 0.2) is 12.2 Å². The van der Waals surface area contributed by atoms with E-state index in [0.29, 0.717) is 6.61 Å². The molecule has 0 spiro atoms. The van der Waals surface area contributed by atoms with Gasteiger partial charge < -0.3 is 9.47 Å². The van der Waals surface area contributed by atoms with Gasteiger partial charge in [-0.2, -0.15) is 0 Å². The van der Waals surface area contributed by atoms with E-state index >= 15 is 0 Å². The highest BCUT2D eigenvalue weighted by molar-refractivity contribution is 4.98. The zero-order valence-corrected chi connectivity index (χ0v) is 16.6. The lowest BCUT2D eigenvalue weighted by molar-refractivity contribution is -0.161. The molecule has 0 aromatic heterocycles. The molecule has 0 radical (unpaired) electrons. The number of hydrogen-bond acceptors (Lipinski definition) is 2. The Bertz CT molecular complexity index is 358. The van der Waals surface area contributed by atoms with Gasteiger partial charge in [-0.15, -0.1) is 11.8 Å². The summed E-state index contributed by atoms with van der Waals surface area (Å²) >= 11 is 0. The summed E-state index contributed by atoms with van der Waals surface area (Å²) in [7, 11) is 0. The molecule has 1 aliphatic heterocycles. The van der Waals surface area contributed by atoms with Gasteiger partial charge >= 0.3 is 0 Å². The predicted octanol–water partition coefficient (Wildman–Crippen LogP) is 6.79. The Morgan fingerprint density at radius 2 is 1.60 bits per heavy atom. The van der Waals surface area contributed by atoms with E-state index in [2.05, 4.69) is 30.9 Å². The Labute approximate surface area is 156 Å². The van der Waals surface area contributed by atoms with Crippen LogP contribution in [-0.2, 0) is 9.47 Å². The predicted molar refractivity (Wildman–Crippen MR) is 108 cm³/mol. The summed E-state index contributed by atoms with van der Waals surface area (Å²) in [6.45, 7) is 3.82. The Kier molecular flexibility index (Phi) is 16.0. The first-order chi connectivity index (χ1) is 12.4. The van der Waals surface area contributed by atoms with E-state index in [9.17, 15) is 0 Å². The fraction of sp³-hybridized carbons (Fsp3) is 0.826. The molecule has 0 aliphatic carbocycles. The quantitative estimate of drug-likeness (QED) is 0.195. The summed E-state index contributed by atoms with van der Waals surface area (Å²) < 4.78 is 11.2. The van der Waals surface area contributed by atoms with Crippen molar-refractivity contribution >= 4 is 0 Å². The number of hydrogen-bond donors (Lipinski definition) is 0. The molecule has 1 saturated heterocycles. The van der Waals surface area contributed by atoms with Crippen LogP contribution in [0.4, 0.5) is 0 Å². The van der Waals surface area contributed by atoms with E-state index in [1.165, 1.54) is 77.0 Å². The molecule has 0 bridgehead atoms. The maximum absolute atomic E-state index is 5.67. The Morgan fingerprint density at radius 1 is 0.880 bits per heavy atom. The van der Waals surface area contributed by atoms with Crippen molar-refractivity contribution in [2.45, 2.75) is 110 Å². The second-order valence-electron chi connectivity index (χ2n) is 7.04. The number of unbranched alkanes of at least 4 members (excludes halogenated alkanes) is 9. The van der Waals surface area contributed by atoms with Gasteiger partial charge in [-0.3, -0.25) is 0 Å². The summed E-state index contributed by atoms with van der Waals surface area (Å²) in [4.78, 5) is 0. The van der Waals surface area contributed by atoms with Crippen LogP contribution in [0.5, 0.6) is 0 Å². The van der Waals surface area contributed by atoms with Gasteiger partial charge in [-0.25, -0.2) is 0 Å². The lowest BCUT2D eigenvalue weighted by Crippen LogP contribution is -2.22. The van der Waals surface area contributed by atoms with Crippen molar-refractivity contribution in [3.05, 3.63) is 12.2 Å². The summed E-state index contributed by atoms with van der Waals surface area (Å²) in [6.07, 6.45) is 23.3. The molecule has 0 N–H and O–H groups in total. The summed E-state index contributed by atoms with van der Waals surface area (Å²) in [5.74, 6) is 6.51. The first-order valence-corrected chi connectivity index (χ1v) is 10.8. The average molecular weight is 349 g/mol. The van der Waals surface area contributed by atoms with E-state index in [-0.39, 0.29) is 6.29 Å². The minimum atomic E-state index is 0.0300. The fourth-order valence-electron chi connectivity index (χ4n) is 3.00. The molecule has 0 aromatic carbocycles. The highest BCUT2D eigenvalue weighted by Crippen LogP contribution is 2.13. The van der Waals surface area contributed by atoms with Gasteiger partial charge in [0.05, 0.1) is 6.61 Å². The van der Waals surface area contributed by atoms with Crippen molar-refractivity contribution in [1.29, 1.82) is 0 Å². The molecule has 1 rings (SSSR count). The van der Waals surface area contributed by atoms with E-state index in [1.54, 1.807) is 0 Å². The first kappa shape index (κ1) is 22.3. The normalized spacial score (nSPS) is 17.6. The number of ether oxygens (including phenoxy) is 2. The maximum atomic E-state index is 5.67. The van der Waals surface area contributed by atoms with Crippen LogP contribution < -0.4 is 0 Å². The smallest absolute Gasteiger partial charge is 0.157 e. The Balaban J connectivity index is 1.76. The van der Waals surface area contributed by atoms with Gasteiger partial charge in [0.2, 0.25) is 0 Å². The molecule has 1 unspecified atom stereocenters. The van der Waals surface area contributed by atoms with Crippen molar-refractivity contribution < 1.29 is 9.47 Å². The molecule has 144 valence electrons. The zero-order valence-electron chi connectivity index (χ0n) is 16.6. The second kappa shape index (κ2) is 18.0. The van der Waals surface area contributed by atoms with Gasteiger partial charge in [0.1, 0.15) is 0 Å². The van der Waals surface area contributed by atoms with Crippen molar-refractivity contribution in [1.82, 2.24) is 0 Å². The monoisotopic (exact) mass is 348 g/mol. The molecule has 1 heterocycles. The number of rotatable bonds is 14. The maximum Gasteiger partial charge on any atom is 0.157 e. The van der Waals surface area contributed by atoms with Crippen LogP contribution in [0, 0.1) is 11.8 Å². The van der Waals surface area contributed by atoms with Crippen molar-refractivity contribution in [3.8, 4) is 11.8 Å². The summed E-state index contributed by atoms with van der Waals surface area (Å²) in [5, 5.41) is 0. The minimum absolute atomic E-state index is 0.0300. The van der Waals surface area contributed by atoms with Crippen LogP contribution in [0.3, 0.4) is 0 Å². The molecule has 25 heavy (non-hydrogen) atoms. The molecule has 0 amide bonds. The molecule has 0 saturated carbocycles. The highest BCUT2D eigenvalue weighted by atomic mass is 16.7. The lowest BCUT2D eigenvalue weighted by Gasteiger charge is -2.22. The van der Waals surface area contributed by atoms with E-state index in [4.69, 9.17) is 9.47 Å². The van der Waals surface area contributed by atoms with Gasteiger partial charge in [0, 0.05) is 19.4 Å². The standard InChI is InChI=1S/C23H40O2/c1-2-3-4-5-6-7-8-9-10-11-12-13-14-15-16-18-21-24-23-20-17-19-22-25-23/h5-6,23H,2-4,7-14,17-22H2,1H3. The third kappa shape index (κ3) is 15.2. The van der Waals surface area contributed by atoms with Crippen molar-refractivity contribution in [2.75, 3.05) is 13.2 Å². The van der Waals surface area contributed by atoms with Crippen molar-refractivity contribution in [2.24, 2.45) is 0 Å². The Morgan fingerprint density at radius 3 is 2.36 bits per heavy atom. The average Bonchev–Trinajstić information content (AvgIpc) is 2.65. The second-order valence-corrected chi connectivity index (χ2v) is 7.04. The molecule has 1 aliphatic rings. The molecule has 2 nitrogen and oxygen atoms in total. The Hall–Kier alpha value is -0.780. The molecule has 1 fully saturated rings. The molecular weight excluding hydrogens is 308 g/mol. The third-order valence-corrected chi connectivity index (χ3v) is 4.61. The van der Waals surface area contributed by atoms with Crippen LogP contribution in [0.25, 0.3) is 0 Å². The molecule has 0 aromatic rings. The zero-order chi connectivity index (χ0) is 17.8. The van der Waals surface area contributed by atoms with Gasteiger partial charge in [-0.1, -0.05) is 57.6 Å². The topological polar surface area (TPSA) is 18.5 Å². The summed E-state index contributed by atoms with van der Waals surface area (Å²) in [6, 6.07) is 0. The van der Waals surface area contributed by atoms with Gasteiger partial charge in [0.15, 0.2) is 6.29 Å². The van der Waals surface area contributed by atoms with E-state index in [0.717, 1.165) is 25.9 Å². The summed E-state index contributed by atoms with van der Waals surface area (Å²) in [5.41, 5.74) is 0. The van der Waals surface area contributed by atoms with Crippen LogP contribution >= 0.6 is 0 Å². The fourth-order valence-corrected chi connectivity index (χ4v) is 3.00. The number of allylic oxidation sites excluding steroid dienone is 2. The van der Waals surface area contributed by atoms with Crippen LogP contribution in [0.1, 0.15) is 103 Å². The van der Waals surface area contributed by atoms with Crippen LogP contribution in [0.2, 0.25) is 0 Å². The van der Waals surface area contributed by atoms with Gasteiger partial charge in [-0.05, 0) is 44.9 Å². The molecule has 1 atom stereocenters. The van der Waals surface area contributed by atoms with Crippen molar-refractivity contribution in [3.63, 3.8) is 0 Å². The van der Waals surface area contributed by atoms with Gasteiger partial charge in [0.25, 0.3) is 0 Å². The minimum Gasteiger partial charge on any atom is -0.353 e. The molecule has 2 heteroatoms. The van der Waals surface area contributed by atoms with E-state index < -0.39 is 0 Å². The molecular formula is C23H40O2. The largest absolute Gasteiger partial charge is 0.353 e. The van der Waals surface area contributed by atoms with Crippen LogP contribution in [-0.4, -0.2) is 19.5 Å². The third-order valence-electron chi connectivity index (χ3n) is 4.61. The SMILES string of the molecule is CCCCC=CCCCCCCCCC#CCCOC1CCCCO1. The van der Waals surface area contributed by atoms with E-state index in [1.807, 2.05) is 0 Å². The first-order valence-electron chi connectivity index (χ1n) is 10.8.